The Morgan fingerprint density at radius 3 is 2.42 bits per heavy atom. The summed E-state index contributed by atoms with van der Waals surface area (Å²) in [6.45, 7) is 9.67. The van der Waals surface area contributed by atoms with Crippen LogP contribution in [0.5, 0.6) is 11.8 Å². The van der Waals surface area contributed by atoms with Crippen molar-refractivity contribution in [1.29, 1.82) is 0 Å². The predicted octanol–water partition coefficient (Wildman–Crippen LogP) is 8.41. The molecule has 0 spiro atoms. The average Bonchev–Trinajstić information content (AvgIpc) is 2.15. The summed E-state index contributed by atoms with van der Waals surface area (Å²) in [6.07, 6.45) is 7.37. The van der Waals surface area contributed by atoms with E-state index in [1.807, 2.05) is 69.3 Å². The van der Waals surface area contributed by atoms with Crippen molar-refractivity contribution in [2.45, 2.75) is 128 Å². The highest BCUT2D eigenvalue weighted by Crippen LogP contribution is 2.52. The third-order valence-electron chi connectivity index (χ3n) is 17.5. The first-order chi connectivity index (χ1) is 40.3. The molecule has 6 atom stereocenters. The van der Waals surface area contributed by atoms with Gasteiger partial charge in [0.2, 0.25) is 11.8 Å². The van der Waals surface area contributed by atoms with Gasteiger partial charge in [-0.05, 0) is 78.8 Å². The van der Waals surface area contributed by atoms with Gasteiger partial charge < -0.3 is 44.9 Å². The number of halogens is 2. The number of piperazine rings is 1. The Bertz CT molecular complexity index is 3730. The van der Waals surface area contributed by atoms with E-state index in [-0.39, 0.29) is 67.3 Å². The number of aliphatic hydroxyl groups is 2. The molecule has 0 unspecified atom stereocenters. The molecule has 4 aliphatic heterocycles. The van der Waals surface area contributed by atoms with Crippen molar-refractivity contribution in [2.24, 2.45) is 5.92 Å². The van der Waals surface area contributed by atoms with Crippen LogP contribution >= 0.6 is 11.3 Å². The maximum atomic E-state index is 16.3. The summed E-state index contributed by atoms with van der Waals surface area (Å²) in [7, 11) is 0. The van der Waals surface area contributed by atoms with Gasteiger partial charge in [0, 0.05) is 78.4 Å². The fourth-order valence-electron chi connectivity index (χ4n) is 12.8. The molecule has 4 saturated heterocycles. The molecule has 8 heterocycles. The topological polar surface area (TPSA) is 231 Å². The number of nitrogens with one attached hydrogen (secondary N) is 3. The fourth-order valence-corrected chi connectivity index (χ4v) is 13.7. The van der Waals surface area contributed by atoms with Gasteiger partial charge >= 0.3 is 6.01 Å². The Hall–Kier alpha value is -7.50. The van der Waals surface area contributed by atoms with E-state index < -0.39 is 47.7 Å². The molecule has 432 valence electrons. The summed E-state index contributed by atoms with van der Waals surface area (Å²) in [5.41, 5.74) is 9.05. The number of hydrogen-bond acceptors (Lipinski definition) is 16. The third-order valence-corrected chi connectivity index (χ3v) is 18.5. The molecule has 19 nitrogen and oxygen atoms in total. The van der Waals surface area contributed by atoms with E-state index >= 15 is 8.78 Å². The molecule has 4 aromatic heterocycles. The molecule has 22 heteroatoms. The van der Waals surface area contributed by atoms with E-state index in [0.29, 0.717) is 76.7 Å². The Morgan fingerprint density at radius 1 is 0.952 bits per heavy atom. The van der Waals surface area contributed by atoms with E-state index in [2.05, 4.69) is 47.1 Å². The second kappa shape index (κ2) is 22.6. The van der Waals surface area contributed by atoms with E-state index in [1.165, 1.54) is 20.9 Å². The lowest BCUT2D eigenvalue weighted by Gasteiger charge is -2.33. The minimum absolute atomic E-state index is 0.0309. The van der Waals surface area contributed by atoms with Crippen molar-refractivity contribution in [1.82, 2.24) is 55.7 Å². The molecule has 83 heavy (non-hydrogen) atoms. The highest BCUT2D eigenvalue weighted by atomic mass is 32.1. The first-order valence-electron chi connectivity index (χ1n) is 28.8. The Kier molecular flexibility index (Phi) is 14.9. The molecular formula is C61H66F2N12O7S. The van der Waals surface area contributed by atoms with Gasteiger partial charge in [0.15, 0.2) is 17.4 Å². The first kappa shape index (κ1) is 54.7. The number of thiazole rings is 1. The van der Waals surface area contributed by atoms with Gasteiger partial charge in [-0.25, -0.2) is 18.4 Å². The van der Waals surface area contributed by atoms with Gasteiger partial charge in [-0.15, -0.1) is 16.4 Å². The van der Waals surface area contributed by atoms with Crippen LogP contribution in [0.15, 0.2) is 72.5 Å². The number of benzene rings is 4. The number of aliphatic hydroxyl groups excluding tert-OH is 2. The van der Waals surface area contributed by atoms with Crippen LogP contribution in [-0.2, 0) is 20.9 Å². The highest BCUT2D eigenvalue weighted by Gasteiger charge is 2.44. The van der Waals surface area contributed by atoms with Crippen molar-refractivity contribution in [3.63, 3.8) is 0 Å². The quantitative estimate of drug-likeness (QED) is 0.0576. The zero-order chi connectivity index (χ0) is 57.2. The Morgan fingerprint density at radius 2 is 1.73 bits per heavy atom. The number of ether oxygens (including phenoxy) is 3. The SMILES string of the molecule is Cc1ncsc1-c1ccc([C@H](CO)NC(=O)[C@@H]2C[C@@H](O)CN2C(=O)[C@H](C(C)C)n2cc(-c3ccc(COc4c(-c5c(C)c(F)c(F)c6[nH]ncc56)c(C5CCC5)cc5c(N6C[C@@H]7C[C@H]6CN7)nc(OC6CCOCC6)nc45)cc3)nn2)cc1. The fraction of sp³-hybridized carbons (Fsp3) is 0.443. The maximum absolute atomic E-state index is 16.3. The van der Waals surface area contributed by atoms with Crippen LogP contribution < -0.4 is 25.0 Å². The molecule has 2 bridgehead atoms. The van der Waals surface area contributed by atoms with Crippen molar-refractivity contribution >= 4 is 50.8 Å². The van der Waals surface area contributed by atoms with E-state index in [0.717, 1.165) is 77.2 Å². The zero-order valence-corrected chi connectivity index (χ0v) is 47.5. The molecule has 5 N–H and O–H groups in total. The van der Waals surface area contributed by atoms with Crippen LogP contribution in [-0.4, -0.2) is 137 Å². The molecule has 1 saturated carbocycles. The van der Waals surface area contributed by atoms with Crippen molar-refractivity contribution in [3.8, 4) is 44.6 Å². The molecule has 5 aliphatic rings. The van der Waals surface area contributed by atoms with Gasteiger partial charge in [0.05, 0.1) is 60.4 Å². The number of β-amino-alcohol motifs (C(OH)–C–C–N with tert-alkyl or cyclic N) is 1. The summed E-state index contributed by atoms with van der Waals surface area (Å²) < 4.78 is 53.0. The molecule has 1 aliphatic carbocycles. The van der Waals surface area contributed by atoms with E-state index in [1.54, 1.807) is 24.8 Å². The zero-order valence-electron chi connectivity index (χ0n) is 46.6. The molecule has 4 aromatic carbocycles. The number of anilines is 1. The monoisotopic (exact) mass is 1150 g/mol. The maximum Gasteiger partial charge on any atom is 0.319 e. The van der Waals surface area contributed by atoms with Crippen LogP contribution in [0.3, 0.4) is 0 Å². The standard InChI is InChI=1S/C61H66F2N12O7S/c1-31(2)55(60(79)74-26-41(77)21-48(74)59(78)67-47(28-76)37-12-14-38(15-13-37)57-33(4)65-30-83-57)75-27-46(70-72-75)36-10-8-34(9-11-36)29-81-56-50(49-32(3)51(62)52(63)53-45(49)24-66-71-53)43(35-6-5-7-35)22-44-54(56)68-61(82-42-16-18-80-19-17-42)69-58(44)73-25-39-20-40(73)23-64-39/h8-15,22,24,27,30-31,35,39-42,47-48,55,64,76-77H,5-7,16-21,23,25-26,28-29H2,1-4H3,(H,66,71)(H,67,78)/t39-,40-,41+,47-,48-,55-/m0/s1. The second-order valence-electron chi connectivity index (χ2n) is 23.2. The summed E-state index contributed by atoms with van der Waals surface area (Å²) >= 11 is 1.54. The number of hydrogen-bond donors (Lipinski definition) is 5. The number of H-pyrrole nitrogens is 1. The minimum atomic E-state index is -0.998. The van der Waals surface area contributed by atoms with Gasteiger partial charge in [0.1, 0.15) is 47.3 Å². The van der Waals surface area contributed by atoms with E-state index in [4.69, 9.17) is 24.2 Å². The van der Waals surface area contributed by atoms with Crippen molar-refractivity contribution < 1.29 is 42.8 Å². The number of likely N-dealkylation sites (tertiary alicyclic amines) is 1. The lowest BCUT2D eigenvalue weighted by atomic mass is 9.75. The molecule has 2 amide bonds. The number of aromatic amines is 1. The summed E-state index contributed by atoms with van der Waals surface area (Å²) in [4.78, 5) is 48.2. The minimum Gasteiger partial charge on any atom is -0.486 e. The lowest BCUT2D eigenvalue weighted by Crippen LogP contribution is -2.50. The van der Waals surface area contributed by atoms with Crippen molar-refractivity contribution in [2.75, 3.05) is 44.4 Å². The van der Waals surface area contributed by atoms with Gasteiger partial charge in [-0.2, -0.15) is 15.1 Å². The Labute approximate surface area is 481 Å². The van der Waals surface area contributed by atoms with Gasteiger partial charge in [-0.3, -0.25) is 14.7 Å². The number of aryl methyl sites for hydroxylation is 1. The number of fused-ring (bicyclic) bond motifs is 4. The molecular weight excluding hydrogens is 1080 g/mol. The summed E-state index contributed by atoms with van der Waals surface area (Å²) in [5, 5.41) is 45.0. The van der Waals surface area contributed by atoms with Crippen LogP contribution in [0.25, 0.3) is 54.6 Å². The van der Waals surface area contributed by atoms with Crippen molar-refractivity contribution in [3.05, 3.63) is 112 Å². The predicted molar refractivity (Wildman–Crippen MR) is 308 cm³/mol. The Balaban J connectivity index is 0.797. The number of aromatic nitrogens is 8. The molecule has 0 radical (unpaired) electrons. The lowest BCUT2D eigenvalue weighted by molar-refractivity contribution is -0.142. The molecule has 8 aromatic rings. The van der Waals surface area contributed by atoms with E-state index in [9.17, 15) is 19.8 Å². The van der Waals surface area contributed by atoms with Crippen LogP contribution in [0, 0.1) is 31.4 Å². The molecule has 13 rings (SSSR count). The number of rotatable bonds is 17. The van der Waals surface area contributed by atoms with Crippen LogP contribution in [0.2, 0.25) is 0 Å². The summed E-state index contributed by atoms with van der Waals surface area (Å²) in [6, 6.07) is 15.5. The van der Waals surface area contributed by atoms with Crippen LogP contribution in [0.1, 0.15) is 105 Å². The normalized spacial score (nSPS) is 20.9. The summed E-state index contributed by atoms with van der Waals surface area (Å²) in [5.74, 6) is -1.87. The second-order valence-corrected chi connectivity index (χ2v) is 24.0. The number of amides is 2. The largest absolute Gasteiger partial charge is 0.486 e. The number of carbonyl (C=O) groups excluding carboxylic acids is 2. The first-order valence-corrected chi connectivity index (χ1v) is 29.7. The molecule has 5 fully saturated rings. The third kappa shape index (κ3) is 10.2. The van der Waals surface area contributed by atoms with Gasteiger partial charge in [0.25, 0.3) is 0 Å². The van der Waals surface area contributed by atoms with Crippen LogP contribution in [0.4, 0.5) is 14.6 Å². The number of carbonyl (C=O) groups is 2. The highest BCUT2D eigenvalue weighted by molar-refractivity contribution is 7.13. The number of nitrogens with zero attached hydrogens (tertiary/aromatic N) is 9. The smallest absolute Gasteiger partial charge is 0.319 e. The average molecular weight is 1150 g/mol. The van der Waals surface area contributed by atoms with Gasteiger partial charge in [-0.1, -0.05) is 74.0 Å².